The first-order chi connectivity index (χ1) is 6.29. The minimum Gasteiger partial charge on any atom is -0.315 e. The summed E-state index contributed by atoms with van der Waals surface area (Å²) < 4.78 is 0. The van der Waals surface area contributed by atoms with Gasteiger partial charge < -0.3 is 5.73 Å². The third kappa shape index (κ3) is 1.31. The maximum absolute atomic E-state index is 11.4. The largest absolute Gasteiger partial charge is 0.315 e. The van der Waals surface area contributed by atoms with Crippen LogP contribution < -0.4 is 10.7 Å². The highest BCUT2D eigenvalue weighted by Crippen LogP contribution is 2.16. The number of benzene rings is 1. The summed E-state index contributed by atoms with van der Waals surface area (Å²) >= 11 is 0. The van der Waals surface area contributed by atoms with E-state index < -0.39 is 6.04 Å². The first-order valence-corrected chi connectivity index (χ1v) is 3.98. The zero-order chi connectivity index (χ0) is 9.26. The van der Waals surface area contributed by atoms with Crippen LogP contribution in [0, 0.1) is 0 Å². The number of amides is 1. The second-order valence-electron chi connectivity index (χ2n) is 2.78. The summed E-state index contributed by atoms with van der Waals surface area (Å²) in [5.74, 6) is -0.189. The second kappa shape index (κ2) is 2.99. The Kier molecular flexibility index (Phi) is 1.83. The molecule has 2 N–H and O–H groups in total. The summed E-state index contributed by atoms with van der Waals surface area (Å²) in [5.41, 5.74) is 6.21. The molecule has 0 fully saturated rings. The number of nitrogens with two attached hydrogens (primary N) is 1. The molecule has 2 rings (SSSR count). The summed E-state index contributed by atoms with van der Waals surface area (Å²) in [7, 11) is 0. The average molecular weight is 175 g/mol. The van der Waals surface area contributed by atoms with E-state index in [0.29, 0.717) is 0 Å². The second-order valence-corrected chi connectivity index (χ2v) is 2.78. The van der Waals surface area contributed by atoms with E-state index in [1.165, 1.54) is 11.2 Å². The van der Waals surface area contributed by atoms with Crippen LogP contribution >= 0.6 is 0 Å². The Morgan fingerprint density at radius 3 is 2.54 bits per heavy atom. The van der Waals surface area contributed by atoms with E-state index in [2.05, 4.69) is 5.10 Å². The van der Waals surface area contributed by atoms with Crippen LogP contribution in [0.25, 0.3) is 0 Å². The average Bonchev–Trinajstić information content (AvgIpc) is 2.49. The first-order valence-electron chi connectivity index (χ1n) is 3.98. The van der Waals surface area contributed by atoms with Gasteiger partial charge in [0, 0.05) is 0 Å². The van der Waals surface area contributed by atoms with Crippen LogP contribution in [0.2, 0.25) is 0 Å². The molecule has 0 aromatic heterocycles. The van der Waals surface area contributed by atoms with E-state index in [9.17, 15) is 4.79 Å². The SMILES string of the molecule is N[C@@H]1C=NN(c2ccccc2)C1=O. The van der Waals surface area contributed by atoms with Crippen LogP contribution in [-0.4, -0.2) is 18.2 Å². The molecular formula is C9H9N3O. The fraction of sp³-hybridized carbons (Fsp3) is 0.111. The quantitative estimate of drug-likeness (QED) is 0.669. The van der Waals surface area contributed by atoms with Crippen molar-refractivity contribution < 1.29 is 4.79 Å². The summed E-state index contributed by atoms with van der Waals surface area (Å²) in [6.45, 7) is 0. The van der Waals surface area contributed by atoms with Gasteiger partial charge in [0.15, 0.2) is 0 Å². The minimum atomic E-state index is -0.597. The predicted octanol–water partition coefficient (Wildman–Crippen LogP) is 0.346. The predicted molar refractivity (Wildman–Crippen MR) is 50.4 cm³/mol. The number of rotatable bonds is 1. The lowest BCUT2D eigenvalue weighted by atomic mass is 10.3. The molecule has 1 aliphatic rings. The van der Waals surface area contributed by atoms with Crippen molar-refractivity contribution in [2.24, 2.45) is 10.8 Å². The van der Waals surface area contributed by atoms with Gasteiger partial charge in [-0.3, -0.25) is 4.79 Å². The number of nitrogens with zero attached hydrogens (tertiary/aromatic N) is 2. The van der Waals surface area contributed by atoms with Crippen molar-refractivity contribution in [3.8, 4) is 0 Å². The van der Waals surface area contributed by atoms with Crippen molar-refractivity contribution in [3.05, 3.63) is 30.3 Å². The number of para-hydroxylation sites is 1. The molecule has 0 bridgehead atoms. The minimum absolute atomic E-state index is 0.189. The highest BCUT2D eigenvalue weighted by molar-refractivity contribution is 6.10. The van der Waals surface area contributed by atoms with Crippen LogP contribution in [-0.2, 0) is 4.79 Å². The zero-order valence-corrected chi connectivity index (χ0v) is 6.92. The number of hydrogen-bond acceptors (Lipinski definition) is 3. The van der Waals surface area contributed by atoms with Crippen molar-refractivity contribution in [1.82, 2.24) is 0 Å². The highest BCUT2D eigenvalue weighted by Gasteiger charge is 2.25. The van der Waals surface area contributed by atoms with Gasteiger partial charge in [0.05, 0.1) is 11.9 Å². The lowest BCUT2D eigenvalue weighted by Crippen LogP contribution is -2.35. The van der Waals surface area contributed by atoms with E-state index in [-0.39, 0.29) is 5.91 Å². The molecular weight excluding hydrogens is 166 g/mol. The lowest BCUT2D eigenvalue weighted by molar-refractivity contribution is -0.117. The smallest absolute Gasteiger partial charge is 0.269 e. The van der Waals surface area contributed by atoms with Gasteiger partial charge in [-0.05, 0) is 12.1 Å². The van der Waals surface area contributed by atoms with E-state index >= 15 is 0 Å². The monoisotopic (exact) mass is 175 g/mol. The Balaban J connectivity index is 2.30. The Morgan fingerprint density at radius 1 is 1.31 bits per heavy atom. The summed E-state index contributed by atoms with van der Waals surface area (Å²) in [6.07, 6.45) is 1.44. The molecule has 1 aromatic carbocycles. The van der Waals surface area contributed by atoms with E-state index in [0.717, 1.165) is 5.69 Å². The number of carbonyl (C=O) groups is 1. The molecule has 1 atom stereocenters. The summed E-state index contributed by atoms with van der Waals surface area (Å²) in [5, 5.41) is 5.21. The zero-order valence-electron chi connectivity index (χ0n) is 6.92. The molecule has 4 nitrogen and oxygen atoms in total. The van der Waals surface area contributed by atoms with Gasteiger partial charge in [-0.2, -0.15) is 10.1 Å². The van der Waals surface area contributed by atoms with Crippen molar-refractivity contribution in [2.75, 3.05) is 5.01 Å². The highest BCUT2D eigenvalue weighted by atomic mass is 16.2. The standard InChI is InChI=1S/C9H9N3O/c10-8-6-11-12(9(8)13)7-4-2-1-3-5-7/h1-6,8H,10H2/t8-/m1/s1. The van der Waals surface area contributed by atoms with Gasteiger partial charge >= 0.3 is 0 Å². The van der Waals surface area contributed by atoms with Crippen LogP contribution in [0.3, 0.4) is 0 Å². The Morgan fingerprint density at radius 2 is 2.00 bits per heavy atom. The van der Waals surface area contributed by atoms with Gasteiger partial charge in [0.2, 0.25) is 0 Å². The van der Waals surface area contributed by atoms with E-state index in [1.807, 2.05) is 30.3 Å². The number of hydrogen-bond donors (Lipinski definition) is 1. The number of hydrazone groups is 1. The number of carbonyl (C=O) groups excluding carboxylic acids is 1. The van der Waals surface area contributed by atoms with Crippen molar-refractivity contribution >= 4 is 17.8 Å². The van der Waals surface area contributed by atoms with Crippen molar-refractivity contribution in [2.45, 2.75) is 6.04 Å². The molecule has 1 amide bonds. The Labute approximate surface area is 75.6 Å². The number of anilines is 1. The molecule has 0 unspecified atom stereocenters. The molecule has 1 aliphatic heterocycles. The molecule has 13 heavy (non-hydrogen) atoms. The third-order valence-corrected chi connectivity index (χ3v) is 1.84. The van der Waals surface area contributed by atoms with Crippen molar-refractivity contribution in [3.63, 3.8) is 0 Å². The first kappa shape index (κ1) is 7.94. The molecule has 66 valence electrons. The fourth-order valence-corrected chi connectivity index (χ4v) is 1.16. The molecule has 1 aromatic rings. The van der Waals surface area contributed by atoms with Gasteiger partial charge in [0.1, 0.15) is 6.04 Å². The van der Waals surface area contributed by atoms with Crippen LogP contribution in [0.15, 0.2) is 35.4 Å². The summed E-state index contributed by atoms with van der Waals surface area (Å²) in [6, 6.07) is 8.61. The van der Waals surface area contributed by atoms with Crippen LogP contribution in [0.4, 0.5) is 5.69 Å². The van der Waals surface area contributed by atoms with Gasteiger partial charge in [-0.15, -0.1) is 0 Å². The fourth-order valence-electron chi connectivity index (χ4n) is 1.16. The Hall–Kier alpha value is -1.68. The lowest BCUT2D eigenvalue weighted by Gasteiger charge is -2.11. The Bertz CT molecular complexity index is 347. The van der Waals surface area contributed by atoms with Gasteiger partial charge in [0.25, 0.3) is 5.91 Å². The molecule has 0 spiro atoms. The molecule has 0 aliphatic carbocycles. The molecule has 0 radical (unpaired) electrons. The molecule has 0 saturated carbocycles. The third-order valence-electron chi connectivity index (χ3n) is 1.84. The van der Waals surface area contributed by atoms with E-state index in [4.69, 9.17) is 5.73 Å². The maximum Gasteiger partial charge on any atom is 0.269 e. The molecule has 1 heterocycles. The molecule has 4 heteroatoms. The van der Waals surface area contributed by atoms with E-state index in [1.54, 1.807) is 0 Å². The van der Waals surface area contributed by atoms with Crippen molar-refractivity contribution in [1.29, 1.82) is 0 Å². The normalized spacial score (nSPS) is 21.2. The topological polar surface area (TPSA) is 58.7 Å². The maximum atomic E-state index is 11.4. The van der Waals surface area contributed by atoms with Crippen LogP contribution in [0.1, 0.15) is 0 Å². The summed E-state index contributed by atoms with van der Waals surface area (Å²) in [4.78, 5) is 11.4. The van der Waals surface area contributed by atoms with Gasteiger partial charge in [-0.1, -0.05) is 18.2 Å². The molecule has 0 saturated heterocycles. The van der Waals surface area contributed by atoms with Gasteiger partial charge in [-0.25, -0.2) is 0 Å². The van der Waals surface area contributed by atoms with Crippen LogP contribution in [0.5, 0.6) is 0 Å².